The van der Waals surface area contributed by atoms with Gasteiger partial charge in [-0.3, -0.25) is 9.78 Å². The predicted octanol–water partition coefficient (Wildman–Crippen LogP) is 2.58. The number of hydrogen-bond acceptors (Lipinski definition) is 3. The van der Waals surface area contributed by atoms with Crippen molar-refractivity contribution in [1.29, 1.82) is 0 Å². The number of carbonyl (C=O) groups is 1. The number of ether oxygens (including phenoxy) is 1. The molecule has 0 saturated carbocycles. The van der Waals surface area contributed by atoms with Gasteiger partial charge in [0.05, 0.1) is 24.8 Å². The number of rotatable bonds is 2. The van der Waals surface area contributed by atoms with Gasteiger partial charge in [-0.05, 0) is 6.07 Å². The zero-order chi connectivity index (χ0) is 12.3. The number of aromatic nitrogens is 1. The van der Waals surface area contributed by atoms with Gasteiger partial charge in [0.1, 0.15) is 0 Å². The number of pyridine rings is 1. The van der Waals surface area contributed by atoms with Crippen LogP contribution in [-0.4, -0.2) is 18.1 Å². The molecule has 0 spiro atoms. The summed E-state index contributed by atoms with van der Waals surface area (Å²) in [5, 5.41) is 0. The van der Waals surface area contributed by atoms with E-state index in [0.29, 0.717) is 0 Å². The highest BCUT2D eigenvalue weighted by Gasteiger charge is 2.36. The fraction of sp³-hybridized carbons (Fsp3) is 0.333. The lowest BCUT2D eigenvalue weighted by Gasteiger charge is -2.12. The normalized spacial score (nSPS) is 11.3. The number of esters is 1. The van der Waals surface area contributed by atoms with Gasteiger partial charge < -0.3 is 4.74 Å². The summed E-state index contributed by atoms with van der Waals surface area (Å²) in [5.41, 5.74) is -1.30. The zero-order valence-electron chi connectivity index (χ0n) is 8.14. The van der Waals surface area contributed by atoms with Gasteiger partial charge in [0, 0.05) is 10.7 Å². The average Bonchev–Trinajstić information content (AvgIpc) is 2.15. The van der Waals surface area contributed by atoms with E-state index in [4.69, 9.17) is 0 Å². The Bertz CT molecular complexity index is 406. The van der Waals surface area contributed by atoms with Crippen molar-refractivity contribution in [1.82, 2.24) is 4.98 Å². The fourth-order valence-corrected chi connectivity index (χ4v) is 1.69. The van der Waals surface area contributed by atoms with Crippen LogP contribution in [0.25, 0.3) is 0 Å². The Kier molecular flexibility index (Phi) is 3.90. The van der Waals surface area contributed by atoms with E-state index in [1.54, 1.807) is 0 Å². The van der Waals surface area contributed by atoms with Crippen molar-refractivity contribution in [3.63, 3.8) is 0 Å². The van der Waals surface area contributed by atoms with E-state index in [1.165, 1.54) is 12.3 Å². The van der Waals surface area contributed by atoms with Gasteiger partial charge in [-0.15, -0.1) is 0 Å². The van der Waals surface area contributed by atoms with Crippen LogP contribution < -0.4 is 0 Å². The summed E-state index contributed by atoms with van der Waals surface area (Å²) in [6.07, 6.45) is -3.88. The molecular formula is C9H7BrF3NO2. The van der Waals surface area contributed by atoms with Crippen molar-refractivity contribution in [3.8, 4) is 0 Å². The van der Waals surface area contributed by atoms with Crippen molar-refractivity contribution in [3.05, 3.63) is 28.0 Å². The lowest BCUT2D eigenvalue weighted by atomic mass is 10.1. The molecule has 1 aromatic rings. The first-order chi connectivity index (χ1) is 7.36. The van der Waals surface area contributed by atoms with Gasteiger partial charge in [0.15, 0.2) is 0 Å². The minimum Gasteiger partial charge on any atom is -0.469 e. The molecule has 3 nitrogen and oxygen atoms in total. The summed E-state index contributed by atoms with van der Waals surface area (Å²) in [6, 6.07) is 1.17. The molecule has 1 aromatic heterocycles. The van der Waals surface area contributed by atoms with Gasteiger partial charge in [-0.1, -0.05) is 15.9 Å². The van der Waals surface area contributed by atoms with Gasteiger partial charge in [-0.25, -0.2) is 0 Å². The molecule has 0 bridgehead atoms. The molecule has 0 aromatic carbocycles. The SMILES string of the molecule is COC(=O)Cc1nccc(Br)c1C(F)(F)F. The number of halogens is 4. The minimum atomic E-state index is -4.56. The molecule has 0 radical (unpaired) electrons. The maximum absolute atomic E-state index is 12.6. The smallest absolute Gasteiger partial charge is 0.419 e. The van der Waals surface area contributed by atoms with Crippen molar-refractivity contribution in [2.24, 2.45) is 0 Å². The van der Waals surface area contributed by atoms with Gasteiger partial charge in [0.25, 0.3) is 0 Å². The molecule has 0 aliphatic carbocycles. The van der Waals surface area contributed by atoms with Crippen LogP contribution in [0.1, 0.15) is 11.3 Å². The topological polar surface area (TPSA) is 39.2 Å². The Morgan fingerprint density at radius 3 is 2.69 bits per heavy atom. The molecule has 1 rings (SSSR count). The first-order valence-corrected chi connectivity index (χ1v) is 4.93. The highest BCUT2D eigenvalue weighted by molar-refractivity contribution is 9.10. The Hall–Kier alpha value is -1.11. The van der Waals surface area contributed by atoms with Crippen LogP contribution in [0, 0.1) is 0 Å². The maximum Gasteiger partial charge on any atom is 0.419 e. The number of alkyl halides is 3. The Morgan fingerprint density at radius 2 is 2.19 bits per heavy atom. The third-order valence-corrected chi connectivity index (χ3v) is 2.46. The van der Waals surface area contributed by atoms with E-state index in [1.807, 2.05) is 0 Å². The number of carbonyl (C=O) groups excluding carboxylic acids is 1. The highest BCUT2D eigenvalue weighted by Crippen LogP contribution is 2.36. The maximum atomic E-state index is 12.6. The standard InChI is InChI=1S/C9H7BrF3NO2/c1-16-7(15)4-6-8(9(11,12)13)5(10)2-3-14-6/h2-3H,4H2,1H3. The van der Waals surface area contributed by atoms with Crippen LogP contribution in [0.4, 0.5) is 13.2 Å². The third-order valence-electron chi connectivity index (χ3n) is 1.80. The van der Waals surface area contributed by atoms with Gasteiger partial charge in [0.2, 0.25) is 0 Å². The first kappa shape index (κ1) is 13.0. The largest absolute Gasteiger partial charge is 0.469 e. The van der Waals surface area contributed by atoms with Crippen molar-refractivity contribution < 1.29 is 22.7 Å². The summed E-state index contributed by atoms with van der Waals surface area (Å²) < 4.78 is 42.1. The van der Waals surface area contributed by atoms with E-state index in [2.05, 4.69) is 25.7 Å². The van der Waals surface area contributed by atoms with Crippen LogP contribution in [0.15, 0.2) is 16.7 Å². The molecule has 0 aliphatic rings. The monoisotopic (exact) mass is 297 g/mol. The molecule has 7 heteroatoms. The predicted molar refractivity (Wildman–Crippen MR) is 52.7 cm³/mol. The van der Waals surface area contributed by atoms with E-state index in [9.17, 15) is 18.0 Å². The fourth-order valence-electron chi connectivity index (χ4n) is 1.12. The lowest BCUT2D eigenvalue weighted by Crippen LogP contribution is -2.15. The lowest BCUT2D eigenvalue weighted by molar-refractivity contribution is -0.142. The van der Waals surface area contributed by atoms with E-state index < -0.39 is 24.1 Å². The Balaban J connectivity index is 3.18. The van der Waals surface area contributed by atoms with E-state index in [-0.39, 0.29) is 10.2 Å². The Labute approximate surface area is 97.8 Å². The molecule has 0 amide bonds. The van der Waals surface area contributed by atoms with Crippen molar-refractivity contribution in [2.45, 2.75) is 12.6 Å². The number of nitrogens with zero attached hydrogens (tertiary/aromatic N) is 1. The molecule has 0 unspecified atom stereocenters. The second kappa shape index (κ2) is 4.82. The second-order valence-electron chi connectivity index (χ2n) is 2.87. The summed E-state index contributed by atoms with van der Waals surface area (Å²) in [5.74, 6) is -0.768. The van der Waals surface area contributed by atoms with Crippen molar-refractivity contribution >= 4 is 21.9 Å². The highest BCUT2D eigenvalue weighted by atomic mass is 79.9. The van der Waals surface area contributed by atoms with Gasteiger partial charge in [-0.2, -0.15) is 13.2 Å². The molecule has 88 valence electrons. The molecule has 1 heterocycles. The van der Waals surface area contributed by atoms with E-state index in [0.717, 1.165) is 7.11 Å². The summed E-state index contributed by atoms with van der Waals surface area (Å²) in [4.78, 5) is 14.5. The van der Waals surface area contributed by atoms with Crippen LogP contribution in [0.3, 0.4) is 0 Å². The molecule has 16 heavy (non-hydrogen) atoms. The zero-order valence-corrected chi connectivity index (χ0v) is 9.72. The van der Waals surface area contributed by atoms with Gasteiger partial charge >= 0.3 is 12.1 Å². The average molecular weight is 298 g/mol. The first-order valence-electron chi connectivity index (χ1n) is 4.13. The summed E-state index contributed by atoms with van der Waals surface area (Å²) in [7, 11) is 1.10. The molecule has 0 N–H and O–H groups in total. The van der Waals surface area contributed by atoms with Crippen LogP contribution >= 0.6 is 15.9 Å². The third kappa shape index (κ3) is 2.94. The Morgan fingerprint density at radius 1 is 1.56 bits per heavy atom. The number of hydrogen-bond donors (Lipinski definition) is 0. The van der Waals surface area contributed by atoms with Crippen LogP contribution in [0.5, 0.6) is 0 Å². The summed E-state index contributed by atoms with van der Waals surface area (Å²) in [6.45, 7) is 0. The molecule has 0 fully saturated rings. The minimum absolute atomic E-state index is 0.145. The second-order valence-corrected chi connectivity index (χ2v) is 3.72. The quantitative estimate of drug-likeness (QED) is 0.788. The summed E-state index contributed by atoms with van der Waals surface area (Å²) >= 11 is 2.78. The van der Waals surface area contributed by atoms with Crippen LogP contribution in [-0.2, 0) is 22.1 Å². The molecule has 0 aliphatic heterocycles. The van der Waals surface area contributed by atoms with Crippen LogP contribution in [0.2, 0.25) is 0 Å². The van der Waals surface area contributed by atoms with Crippen molar-refractivity contribution in [2.75, 3.05) is 7.11 Å². The molecule has 0 atom stereocenters. The number of methoxy groups -OCH3 is 1. The molecule has 0 saturated heterocycles. The van der Waals surface area contributed by atoms with E-state index >= 15 is 0 Å². The molecular weight excluding hydrogens is 291 g/mol.